The van der Waals surface area contributed by atoms with Crippen molar-refractivity contribution in [2.45, 2.75) is 25.9 Å². The summed E-state index contributed by atoms with van der Waals surface area (Å²) < 4.78 is 12.3. The molecule has 0 spiro atoms. The third kappa shape index (κ3) is 3.96. The van der Waals surface area contributed by atoms with Gasteiger partial charge >= 0.3 is 0 Å². The van der Waals surface area contributed by atoms with E-state index in [9.17, 15) is 0 Å². The van der Waals surface area contributed by atoms with Crippen molar-refractivity contribution in [3.8, 4) is 11.4 Å². The minimum atomic E-state index is -0.148. The van der Waals surface area contributed by atoms with Crippen LogP contribution in [0.3, 0.4) is 0 Å². The molecule has 0 fully saturated rings. The van der Waals surface area contributed by atoms with Crippen molar-refractivity contribution in [3.05, 3.63) is 42.7 Å². The molecule has 0 aliphatic rings. The van der Waals surface area contributed by atoms with E-state index in [1.165, 1.54) is 0 Å². The monoisotopic (exact) mass is 328 g/mol. The number of aromatic nitrogens is 5. The lowest BCUT2D eigenvalue weighted by atomic mass is 10.3. The Kier molecular flexibility index (Phi) is 5.17. The first-order valence-corrected chi connectivity index (χ1v) is 7.79. The van der Waals surface area contributed by atoms with Crippen molar-refractivity contribution >= 4 is 5.82 Å². The van der Waals surface area contributed by atoms with Crippen LogP contribution < -0.4 is 5.32 Å². The molecule has 0 aromatic carbocycles. The molecule has 8 nitrogen and oxygen atoms in total. The minimum Gasteiger partial charge on any atom is -0.385 e. The Balaban J connectivity index is 1.61. The minimum absolute atomic E-state index is 0.148. The summed E-state index contributed by atoms with van der Waals surface area (Å²) in [5.74, 6) is 1.79. The standard InChI is InChI=1S/C16H20N6O2/c1-12(18-14-6-9-22(20-14)8-4-10-23-2)16-19-15(21-24-16)13-5-3-7-17-11-13/h3,5-7,9,11-12H,4,8,10H2,1-2H3,(H,18,20)/t12-/m0/s1. The average Bonchev–Trinajstić information content (AvgIpc) is 3.26. The Labute approximate surface area is 139 Å². The van der Waals surface area contributed by atoms with E-state index in [4.69, 9.17) is 9.26 Å². The number of nitrogens with zero attached hydrogens (tertiary/aromatic N) is 5. The van der Waals surface area contributed by atoms with E-state index in [2.05, 4.69) is 25.5 Å². The van der Waals surface area contributed by atoms with Crippen LogP contribution in [0.4, 0.5) is 5.82 Å². The zero-order valence-electron chi connectivity index (χ0n) is 13.7. The van der Waals surface area contributed by atoms with Crippen LogP contribution in [0.1, 0.15) is 25.3 Å². The zero-order valence-corrected chi connectivity index (χ0v) is 13.7. The fourth-order valence-electron chi connectivity index (χ4n) is 2.24. The molecule has 0 saturated carbocycles. The number of rotatable bonds is 8. The molecule has 3 rings (SSSR count). The van der Waals surface area contributed by atoms with Gasteiger partial charge in [-0.1, -0.05) is 5.16 Å². The first-order valence-electron chi connectivity index (χ1n) is 7.79. The van der Waals surface area contributed by atoms with Crippen molar-refractivity contribution in [2.75, 3.05) is 19.0 Å². The van der Waals surface area contributed by atoms with Gasteiger partial charge in [0.1, 0.15) is 11.9 Å². The van der Waals surface area contributed by atoms with Gasteiger partial charge in [0.2, 0.25) is 11.7 Å². The quantitative estimate of drug-likeness (QED) is 0.635. The molecule has 0 radical (unpaired) electrons. The molecule has 0 amide bonds. The molecular formula is C16H20N6O2. The molecule has 8 heteroatoms. The Morgan fingerprint density at radius 2 is 2.29 bits per heavy atom. The highest BCUT2D eigenvalue weighted by atomic mass is 16.5. The smallest absolute Gasteiger partial charge is 0.249 e. The first-order chi connectivity index (χ1) is 11.8. The summed E-state index contributed by atoms with van der Waals surface area (Å²) >= 11 is 0. The molecule has 3 aromatic rings. The maximum atomic E-state index is 5.34. The first kappa shape index (κ1) is 16.1. The fraction of sp³-hybridized carbons (Fsp3) is 0.375. The molecule has 0 unspecified atom stereocenters. The summed E-state index contributed by atoms with van der Waals surface area (Å²) in [5.41, 5.74) is 0.821. The van der Waals surface area contributed by atoms with E-state index >= 15 is 0 Å². The highest BCUT2D eigenvalue weighted by Crippen LogP contribution is 2.20. The van der Waals surface area contributed by atoms with Gasteiger partial charge in [-0.3, -0.25) is 9.67 Å². The van der Waals surface area contributed by atoms with Crippen LogP contribution in [0.2, 0.25) is 0 Å². The lowest BCUT2D eigenvalue weighted by molar-refractivity contribution is 0.189. The average molecular weight is 328 g/mol. The molecule has 0 bridgehead atoms. The van der Waals surface area contributed by atoms with Gasteiger partial charge < -0.3 is 14.6 Å². The van der Waals surface area contributed by atoms with Crippen LogP contribution in [0.15, 0.2) is 41.3 Å². The van der Waals surface area contributed by atoms with Crippen molar-refractivity contribution in [1.82, 2.24) is 24.9 Å². The summed E-state index contributed by atoms with van der Waals surface area (Å²) in [4.78, 5) is 8.47. The van der Waals surface area contributed by atoms with Gasteiger partial charge in [0.25, 0.3) is 0 Å². The van der Waals surface area contributed by atoms with E-state index in [1.807, 2.05) is 36.0 Å². The predicted octanol–water partition coefficient (Wildman–Crippen LogP) is 2.54. The second-order valence-electron chi connectivity index (χ2n) is 5.37. The largest absolute Gasteiger partial charge is 0.385 e. The molecule has 1 N–H and O–H groups in total. The molecule has 0 aliphatic carbocycles. The maximum Gasteiger partial charge on any atom is 0.249 e. The highest BCUT2D eigenvalue weighted by molar-refractivity contribution is 5.52. The Bertz CT molecular complexity index is 755. The Morgan fingerprint density at radius 3 is 3.08 bits per heavy atom. The second kappa shape index (κ2) is 7.69. The SMILES string of the molecule is COCCCn1ccc(N[C@@H](C)c2nc(-c3cccnc3)no2)n1. The molecule has 0 aliphatic heterocycles. The number of anilines is 1. The predicted molar refractivity (Wildman–Crippen MR) is 88.3 cm³/mol. The van der Waals surface area contributed by atoms with E-state index in [0.29, 0.717) is 11.7 Å². The molecule has 3 heterocycles. The molecule has 3 aromatic heterocycles. The Hall–Kier alpha value is -2.74. The highest BCUT2D eigenvalue weighted by Gasteiger charge is 2.16. The molecular weight excluding hydrogens is 308 g/mol. The summed E-state index contributed by atoms with van der Waals surface area (Å²) in [6.45, 7) is 3.48. The summed E-state index contributed by atoms with van der Waals surface area (Å²) in [5, 5.41) is 11.7. The van der Waals surface area contributed by atoms with Gasteiger partial charge in [-0.05, 0) is 25.5 Å². The van der Waals surface area contributed by atoms with Gasteiger partial charge in [0, 0.05) is 50.5 Å². The number of pyridine rings is 1. The molecule has 126 valence electrons. The maximum absolute atomic E-state index is 5.34. The van der Waals surface area contributed by atoms with E-state index in [-0.39, 0.29) is 6.04 Å². The van der Waals surface area contributed by atoms with Crippen LogP contribution in [0, 0.1) is 0 Å². The van der Waals surface area contributed by atoms with Crippen LogP contribution in [-0.2, 0) is 11.3 Å². The van der Waals surface area contributed by atoms with E-state index < -0.39 is 0 Å². The van der Waals surface area contributed by atoms with Crippen molar-refractivity contribution < 1.29 is 9.26 Å². The van der Waals surface area contributed by atoms with E-state index in [0.717, 1.165) is 31.0 Å². The number of hydrogen-bond donors (Lipinski definition) is 1. The van der Waals surface area contributed by atoms with Crippen LogP contribution in [-0.4, -0.2) is 38.6 Å². The third-order valence-corrected chi connectivity index (χ3v) is 3.47. The third-order valence-electron chi connectivity index (χ3n) is 3.47. The number of nitrogens with one attached hydrogen (secondary N) is 1. The van der Waals surface area contributed by atoms with Crippen molar-refractivity contribution in [3.63, 3.8) is 0 Å². The number of ether oxygens (including phenoxy) is 1. The van der Waals surface area contributed by atoms with Crippen molar-refractivity contribution in [2.24, 2.45) is 0 Å². The summed E-state index contributed by atoms with van der Waals surface area (Å²) in [6.07, 6.45) is 6.26. The molecule has 24 heavy (non-hydrogen) atoms. The fourth-order valence-corrected chi connectivity index (χ4v) is 2.24. The number of aryl methyl sites for hydroxylation is 1. The number of hydrogen-bond acceptors (Lipinski definition) is 7. The Morgan fingerprint density at radius 1 is 1.38 bits per heavy atom. The van der Waals surface area contributed by atoms with Crippen molar-refractivity contribution in [1.29, 1.82) is 0 Å². The second-order valence-corrected chi connectivity index (χ2v) is 5.37. The molecule has 1 atom stereocenters. The van der Waals surface area contributed by atoms with Crippen LogP contribution >= 0.6 is 0 Å². The van der Waals surface area contributed by atoms with Gasteiger partial charge in [0.05, 0.1) is 0 Å². The lowest BCUT2D eigenvalue weighted by Crippen LogP contribution is -2.08. The topological polar surface area (TPSA) is 90.9 Å². The normalized spacial score (nSPS) is 12.2. The zero-order chi connectivity index (χ0) is 16.8. The lowest BCUT2D eigenvalue weighted by Gasteiger charge is -2.07. The van der Waals surface area contributed by atoms with Crippen LogP contribution in [0.5, 0.6) is 0 Å². The molecule has 0 saturated heterocycles. The summed E-state index contributed by atoms with van der Waals surface area (Å²) in [7, 11) is 1.70. The van der Waals surface area contributed by atoms with Gasteiger partial charge in [0.15, 0.2) is 0 Å². The van der Waals surface area contributed by atoms with E-state index in [1.54, 1.807) is 19.5 Å². The number of methoxy groups -OCH3 is 1. The van der Waals surface area contributed by atoms with Gasteiger partial charge in [-0.15, -0.1) is 0 Å². The van der Waals surface area contributed by atoms with Gasteiger partial charge in [-0.2, -0.15) is 10.1 Å². The van der Waals surface area contributed by atoms with Gasteiger partial charge in [-0.25, -0.2) is 0 Å². The summed E-state index contributed by atoms with van der Waals surface area (Å²) in [6, 6.07) is 5.50. The van der Waals surface area contributed by atoms with Crippen LogP contribution in [0.25, 0.3) is 11.4 Å².